The molecule has 0 aromatic heterocycles. The van der Waals surface area contributed by atoms with E-state index < -0.39 is 6.40 Å². The van der Waals surface area contributed by atoms with Gasteiger partial charge in [-0.2, -0.15) is 0 Å². The summed E-state index contributed by atoms with van der Waals surface area (Å²) >= 11 is 0. The molecule has 0 saturated heterocycles. The summed E-state index contributed by atoms with van der Waals surface area (Å²) in [6.07, 6.45) is 8.15. The molecule has 0 aliphatic rings. The summed E-state index contributed by atoms with van der Waals surface area (Å²) < 4.78 is 7.05. The third kappa shape index (κ3) is 7.41. The minimum atomic E-state index is -0.656. The van der Waals surface area contributed by atoms with Crippen molar-refractivity contribution in [2.45, 2.75) is 39.0 Å². The van der Waals surface area contributed by atoms with Gasteiger partial charge in [0.2, 0.25) is 0 Å². The number of hydrogen-bond acceptors (Lipinski definition) is 1. The van der Waals surface area contributed by atoms with Crippen LogP contribution >= 0.6 is 0 Å². The van der Waals surface area contributed by atoms with Crippen molar-refractivity contribution < 1.29 is 6.17 Å². The Balaban J connectivity index is 3.22. The maximum absolute atomic E-state index is 9.99. The molecule has 1 atom stereocenters. The zero-order valence-corrected chi connectivity index (χ0v) is 6.55. The Bertz CT molecular complexity index is 121. The summed E-state index contributed by atoms with van der Waals surface area (Å²) in [5, 5.41) is 0. The number of carbonyl (C=O) groups excluding carboxylic acids is 1. The molecule has 1 heteroatoms. The fraction of sp³-hybridized carbons (Fsp3) is 0.667. The number of unbranched alkanes of at least 4 members (excludes halogenated alkanes) is 3. The Labute approximate surface area is 64.5 Å². The van der Waals surface area contributed by atoms with E-state index in [0.29, 0.717) is 6.29 Å². The minimum Gasteiger partial charge on any atom is -0.303 e. The molecule has 0 aliphatic heterocycles. The lowest BCUT2D eigenvalue weighted by Gasteiger charge is -1.89. The molecule has 1 nitrogen and oxygen atoms in total. The lowest BCUT2D eigenvalue weighted by molar-refractivity contribution is -0.107. The van der Waals surface area contributed by atoms with E-state index in [1.54, 1.807) is 6.08 Å². The van der Waals surface area contributed by atoms with Crippen LogP contribution in [0.1, 0.15) is 40.4 Å². The first-order chi connectivity index (χ1) is 5.31. The molecule has 0 N–H and O–H groups in total. The van der Waals surface area contributed by atoms with Crippen molar-refractivity contribution in [2.75, 3.05) is 0 Å². The van der Waals surface area contributed by atoms with Crippen molar-refractivity contribution in [3.63, 3.8) is 0 Å². The summed E-state index contributed by atoms with van der Waals surface area (Å²) in [4.78, 5) is 9.99. The fourth-order valence-electron chi connectivity index (χ4n) is 0.732. The maximum atomic E-state index is 9.99. The van der Waals surface area contributed by atoms with E-state index in [1.807, 2.05) is 6.08 Å². The molecule has 0 aliphatic carbocycles. The van der Waals surface area contributed by atoms with E-state index in [0.717, 1.165) is 6.42 Å². The van der Waals surface area contributed by atoms with Crippen LogP contribution in [0.5, 0.6) is 0 Å². The average molecular weight is 141 g/mol. The van der Waals surface area contributed by atoms with Gasteiger partial charge < -0.3 is 4.79 Å². The summed E-state index contributed by atoms with van der Waals surface area (Å²) in [5.41, 5.74) is 0. The van der Waals surface area contributed by atoms with Crippen molar-refractivity contribution in [1.29, 1.82) is 0 Å². The standard InChI is InChI=1S/C9H16O/c1-2-3-4-5-6-7-8-9-10/h6-7,9H,2-5,8H2,1H3/b7-6-/i8D/t8-/m1/s1. The zero-order valence-electron chi connectivity index (χ0n) is 7.55. The van der Waals surface area contributed by atoms with Crippen molar-refractivity contribution in [3.05, 3.63) is 12.2 Å². The van der Waals surface area contributed by atoms with E-state index in [1.165, 1.54) is 19.3 Å². The van der Waals surface area contributed by atoms with Gasteiger partial charge >= 0.3 is 0 Å². The largest absolute Gasteiger partial charge is 0.303 e. The van der Waals surface area contributed by atoms with Gasteiger partial charge in [-0.05, 0) is 12.8 Å². The predicted octanol–water partition coefficient (Wildman–Crippen LogP) is 2.71. The highest BCUT2D eigenvalue weighted by Gasteiger charge is 1.80. The quantitative estimate of drug-likeness (QED) is 0.316. The second-order valence-corrected chi connectivity index (χ2v) is 2.25. The molecule has 0 amide bonds. The maximum Gasteiger partial charge on any atom is 0.123 e. The molecule has 0 rings (SSSR count). The van der Waals surface area contributed by atoms with Crippen LogP contribution in [0.15, 0.2) is 12.2 Å². The third-order valence-corrected chi connectivity index (χ3v) is 1.30. The first kappa shape index (κ1) is 7.52. The highest BCUT2D eigenvalue weighted by atomic mass is 16.1. The van der Waals surface area contributed by atoms with E-state index in [4.69, 9.17) is 1.37 Å². The molecule has 0 saturated carbocycles. The number of carbonyl (C=O) groups is 1. The van der Waals surface area contributed by atoms with Gasteiger partial charge in [0.15, 0.2) is 0 Å². The molecule has 58 valence electrons. The number of aldehydes is 1. The Hall–Kier alpha value is -0.590. The summed E-state index contributed by atoms with van der Waals surface area (Å²) in [6, 6.07) is 0. The van der Waals surface area contributed by atoms with Crippen LogP contribution in [-0.4, -0.2) is 6.29 Å². The lowest BCUT2D eigenvalue weighted by Crippen LogP contribution is -1.71. The topological polar surface area (TPSA) is 17.1 Å². The summed E-state index contributed by atoms with van der Waals surface area (Å²) in [6.45, 7) is 2.16. The number of rotatable bonds is 6. The first-order valence-corrected chi connectivity index (χ1v) is 3.85. The van der Waals surface area contributed by atoms with Crippen LogP contribution < -0.4 is 0 Å². The Kier molecular flexibility index (Phi) is 6.32. The second kappa shape index (κ2) is 8.41. The van der Waals surface area contributed by atoms with Crippen LogP contribution in [0.2, 0.25) is 0 Å². The Morgan fingerprint density at radius 2 is 2.20 bits per heavy atom. The fourth-order valence-corrected chi connectivity index (χ4v) is 0.732. The summed E-state index contributed by atoms with van der Waals surface area (Å²) in [5.74, 6) is 0. The van der Waals surface area contributed by atoms with Gasteiger partial charge in [0.1, 0.15) is 6.29 Å². The SMILES string of the molecule is [2H][C@@H](C=O)/C=C\CCCCC. The van der Waals surface area contributed by atoms with Gasteiger partial charge in [-0.25, -0.2) is 0 Å². The molecule has 0 radical (unpaired) electrons. The zero-order chi connectivity index (χ0) is 8.53. The number of allylic oxidation sites excluding steroid dienone is 2. The van der Waals surface area contributed by atoms with E-state index in [2.05, 4.69) is 6.92 Å². The van der Waals surface area contributed by atoms with Gasteiger partial charge in [-0.1, -0.05) is 31.9 Å². The highest BCUT2D eigenvalue weighted by molar-refractivity contribution is 5.51. The Morgan fingerprint density at radius 1 is 1.40 bits per heavy atom. The molecule has 0 aromatic rings. The molecule has 0 aromatic carbocycles. The smallest absolute Gasteiger partial charge is 0.123 e. The average Bonchev–Trinajstić information content (AvgIpc) is 2.04. The predicted molar refractivity (Wildman–Crippen MR) is 44.0 cm³/mol. The monoisotopic (exact) mass is 141 g/mol. The first-order valence-electron chi connectivity index (χ1n) is 4.43. The minimum absolute atomic E-state index is 0.635. The molecular weight excluding hydrogens is 124 g/mol. The van der Waals surface area contributed by atoms with Crippen molar-refractivity contribution in [1.82, 2.24) is 0 Å². The molecule has 10 heavy (non-hydrogen) atoms. The molecule has 0 spiro atoms. The van der Waals surface area contributed by atoms with Crippen molar-refractivity contribution in [3.8, 4) is 0 Å². The van der Waals surface area contributed by atoms with Gasteiger partial charge in [-0.3, -0.25) is 0 Å². The van der Waals surface area contributed by atoms with Crippen LogP contribution in [-0.2, 0) is 4.79 Å². The Morgan fingerprint density at radius 3 is 2.80 bits per heavy atom. The lowest BCUT2D eigenvalue weighted by atomic mass is 10.2. The molecular formula is C9H16O. The van der Waals surface area contributed by atoms with Gasteiger partial charge in [0.05, 0.1) is 0 Å². The molecule has 0 heterocycles. The van der Waals surface area contributed by atoms with Crippen molar-refractivity contribution in [2.24, 2.45) is 0 Å². The van der Waals surface area contributed by atoms with E-state index in [9.17, 15) is 4.79 Å². The molecule has 0 fully saturated rings. The van der Waals surface area contributed by atoms with E-state index in [-0.39, 0.29) is 0 Å². The molecule has 0 bridgehead atoms. The van der Waals surface area contributed by atoms with E-state index >= 15 is 0 Å². The van der Waals surface area contributed by atoms with Crippen molar-refractivity contribution >= 4 is 6.29 Å². The van der Waals surface area contributed by atoms with Crippen LogP contribution in [0, 0.1) is 0 Å². The van der Waals surface area contributed by atoms with Crippen LogP contribution in [0.25, 0.3) is 0 Å². The van der Waals surface area contributed by atoms with Gasteiger partial charge in [0.25, 0.3) is 0 Å². The molecule has 0 unspecified atom stereocenters. The third-order valence-electron chi connectivity index (χ3n) is 1.30. The van der Waals surface area contributed by atoms with Crippen LogP contribution in [0.3, 0.4) is 0 Å². The van der Waals surface area contributed by atoms with Crippen LogP contribution in [0.4, 0.5) is 0 Å². The van der Waals surface area contributed by atoms with Gasteiger partial charge in [0, 0.05) is 7.77 Å². The highest BCUT2D eigenvalue weighted by Crippen LogP contribution is 1.99. The second-order valence-electron chi connectivity index (χ2n) is 2.25. The number of hydrogen-bond donors (Lipinski definition) is 0. The normalized spacial score (nSPS) is 15.1. The summed E-state index contributed by atoms with van der Waals surface area (Å²) in [7, 11) is 0. The van der Waals surface area contributed by atoms with Gasteiger partial charge in [-0.15, -0.1) is 0 Å².